The van der Waals surface area contributed by atoms with Crippen molar-refractivity contribution in [2.45, 2.75) is 20.1 Å². The second kappa shape index (κ2) is 8.53. The lowest BCUT2D eigenvalue weighted by Gasteiger charge is -2.14. The van der Waals surface area contributed by atoms with Gasteiger partial charge in [0.25, 0.3) is 0 Å². The molecule has 0 aliphatic heterocycles. The normalized spacial score (nSPS) is 10.1. The number of rotatable bonds is 5. The van der Waals surface area contributed by atoms with Crippen molar-refractivity contribution in [1.82, 2.24) is 0 Å². The number of halogens is 1. The summed E-state index contributed by atoms with van der Waals surface area (Å²) in [6.07, 6.45) is 0. The smallest absolute Gasteiger partial charge is 0.127 e. The SMILES string of the molecule is Cc1ccc(-c2ccc(CN)cc2OCc2ccccc2)cc1.Cl. The molecule has 0 unspecified atom stereocenters. The highest BCUT2D eigenvalue weighted by atomic mass is 35.5. The first-order chi connectivity index (χ1) is 11.3. The quantitative estimate of drug-likeness (QED) is 0.700. The van der Waals surface area contributed by atoms with Crippen molar-refractivity contribution in [2.24, 2.45) is 5.73 Å². The summed E-state index contributed by atoms with van der Waals surface area (Å²) in [7, 11) is 0. The topological polar surface area (TPSA) is 35.2 Å². The third-order valence-electron chi connectivity index (χ3n) is 3.88. The Morgan fingerprint density at radius 1 is 0.833 bits per heavy atom. The van der Waals surface area contributed by atoms with Crippen LogP contribution in [0.5, 0.6) is 5.75 Å². The number of ether oxygens (including phenoxy) is 1. The Bertz CT molecular complexity index is 770. The van der Waals surface area contributed by atoms with Crippen LogP contribution in [-0.4, -0.2) is 0 Å². The van der Waals surface area contributed by atoms with E-state index in [0.29, 0.717) is 13.2 Å². The largest absolute Gasteiger partial charge is 0.488 e. The number of aryl methyl sites for hydroxylation is 1. The van der Waals surface area contributed by atoms with Crippen LogP contribution in [0.2, 0.25) is 0 Å². The monoisotopic (exact) mass is 339 g/mol. The lowest BCUT2D eigenvalue weighted by molar-refractivity contribution is 0.307. The van der Waals surface area contributed by atoms with Crippen molar-refractivity contribution in [3.05, 3.63) is 89.5 Å². The highest BCUT2D eigenvalue weighted by Gasteiger charge is 2.08. The van der Waals surface area contributed by atoms with Gasteiger partial charge in [0.2, 0.25) is 0 Å². The highest BCUT2D eigenvalue weighted by molar-refractivity contribution is 5.85. The lowest BCUT2D eigenvalue weighted by Crippen LogP contribution is -2.00. The number of hydrogen-bond donors (Lipinski definition) is 1. The molecule has 24 heavy (non-hydrogen) atoms. The fourth-order valence-corrected chi connectivity index (χ4v) is 2.52. The van der Waals surface area contributed by atoms with Gasteiger partial charge in [-0.25, -0.2) is 0 Å². The van der Waals surface area contributed by atoms with Gasteiger partial charge < -0.3 is 10.5 Å². The van der Waals surface area contributed by atoms with Gasteiger partial charge in [-0.2, -0.15) is 0 Å². The van der Waals surface area contributed by atoms with E-state index in [1.165, 1.54) is 5.56 Å². The standard InChI is InChI=1S/C21H21NO.ClH/c1-16-7-10-19(11-8-16)20-12-9-18(14-22)13-21(20)23-15-17-5-3-2-4-6-17;/h2-13H,14-15,22H2,1H3;1H. The average molecular weight is 340 g/mol. The minimum Gasteiger partial charge on any atom is -0.488 e. The molecule has 0 aliphatic carbocycles. The van der Waals surface area contributed by atoms with Crippen molar-refractivity contribution >= 4 is 12.4 Å². The zero-order valence-corrected chi connectivity index (χ0v) is 14.6. The van der Waals surface area contributed by atoms with Crippen LogP contribution in [0, 0.1) is 6.92 Å². The lowest BCUT2D eigenvalue weighted by atomic mass is 10.0. The molecule has 0 radical (unpaired) electrons. The molecule has 3 aromatic carbocycles. The van der Waals surface area contributed by atoms with Gasteiger partial charge in [0.15, 0.2) is 0 Å². The summed E-state index contributed by atoms with van der Waals surface area (Å²) >= 11 is 0. The predicted octanol–water partition coefficient (Wildman–Crippen LogP) is 5.12. The first-order valence-corrected chi connectivity index (χ1v) is 7.83. The van der Waals surface area contributed by atoms with Crippen LogP contribution in [0.4, 0.5) is 0 Å². The molecule has 3 aromatic rings. The van der Waals surface area contributed by atoms with Crippen LogP contribution in [0.25, 0.3) is 11.1 Å². The summed E-state index contributed by atoms with van der Waals surface area (Å²) in [6.45, 7) is 3.15. The molecule has 0 bridgehead atoms. The van der Waals surface area contributed by atoms with Gasteiger partial charge in [0, 0.05) is 12.1 Å². The van der Waals surface area contributed by atoms with E-state index < -0.39 is 0 Å². The van der Waals surface area contributed by atoms with E-state index in [2.05, 4.69) is 55.5 Å². The molecule has 0 heterocycles. The second-order valence-corrected chi connectivity index (χ2v) is 5.67. The van der Waals surface area contributed by atoms with Crippen molar-refractivity contribution in [3.8, 4) is 16.9 Å². The van der Waals surface area contributed by atoms with Gasteiger partial charge in [0.05, 0.1) is 0 Å². The molecule has 0 amide bonds. The molecular weight excluding hydrogens is 318 g/mol. The summed E-state index contributed by atoms with van der Waals surface area (Å²) in [5, 5.41) is 0. The number of benzene rings is 3. The van der Waals surface area contributed by atoms with Crippen LogP contribution in [0.15, 0.2) is 72.8 Å². The Balaban J connectivity index is 0.00000208. The molecule has 0 aliphatic rings. The van der Waals surface area contributed by atoms with E-state index in [9.17, 15) is 0 Å². The zero-order valence-electron chi connectivity index (χ0n) is 13.7. The summed E-state index contributed by atoms with van der Waals surface area (Å²) in [5.41, 5.74) is 11.5. The van der Waals surface area contributed by atoms with Gasteiger partial charge >= 0.3 is 0 Å². The molecule has 2 nitrogen and oxygen atoms in total. The molecule has 0 spiro atoms. The molecular formula is C21H22ClNO. The minimum absolute atomic E-state index is 0. The highest BCUT2D eigenvalue weighted by Crippen LogP contribution is 2.32. The van der Waals surface area contributed by atoms with E-state index in [4.69, 9.17) is 10.5 Å². The van der Waals surface area contributed by atoms with Crippen LogP contribution in [0.3, 0.4) is 0 Å². The van der Waals surface area contributed by atoms with Crippen molar-refractivity contribution < 1.29 is 4.74 Å². The van der Waals surface area contributed by atoms with Crippen molar-refractivity contribution in [2.75, 3.05) is 0 Å². The Morgan fingerprint density at radius 2 is 1.54 bits per heavy atom. The Kier molecular flexibility index (Phi) is 6.42. The van der Waals surface area contributed by atoms with E-state index >= 15 is 0 Å². The third kappa shape index (κ3) is 4.38. The Morgan fingerprint density at radius 3 is 2.21 bits per heavy atom. The first-order valence-electron chi connectivity index (χ1n) is 7.83. The molecule has 3 heteroatoms. The summed E-state index contributed by atoms with van der Waals surface area (Å²) in [5.74, 6) is 0.876. The van der Waals surface area contributed by atoms with Gasteiger partial charge in [-0.1, -0.05) is 72.3 Å². The van der Waals surface area contributed by atoms with Crippen LogP contribution < -0.4 is 10.5 Å². The van der Waals surface area contributed by atoms with E-state index in [1.54, 1.807) is 0 Å². The summed E-state index contributed by atoms with van der Waals surface area (Å²) in [4.78, 5) is 0. The van der Waals surface area contributed by atoms with E-state index in [-0.39, 0.29) is 12.4 Å². The molecule has 3 rings (SSSR count). The van der Waals surface area contributed by atoms with Crippen LogP contribution in [0.1, 0.15) is 16.7 Å². The fourth-order valence-electron chi connectivity index (χ4n) is 2.52. The molecule has 124 valence electrons. The molecule has 0 atom stereocenters. The summed E-state index contributed by atoms with van der Waals surface area (Å²) < 4.78 is 6.09. The maximum absolute atomic E-state index is 6.09. The van der Waals surface area contributed by atoms with Gasteiger partial charge in [0.1, 0.15) is 12.4 Å². The van der Waals surface area contributed by atoms with Crippen molar-refractivity contribution in [3.63, 3.8) is 0 Å². The van der Waals surface area contributed by atoms with Crippen molar-refractivity contribution in [1.29, 1.82) is 0 Å². The van der Waals surface area contributed by atoms with Gasteiger partial charge in [-0.3, -0.25) is 0 Å². The third-order valence-corrected chi connectivity index (χ3v) is 3.88. The van der Waals surface area contributed by atoms with Gasteiger partial charge in [-0.15, -0.1) is 12.4 Å². The second-order valence-electron chi connectivity index (χ2n) is 5.67. The average Bonchev–Trinajstić information content (AvgIpc) is 2.61. The molecule has 0 saturated carbocycles. The molecule has 0 fully saturated rings. The van der Waals surface area contributed by atoms with E-state index in [1.807, 2.05) is 24.3 Å². The molecule has 0 saturated heterocycles. The van der Waals surface area contributed by atoms with Crippen LogP contribution in [-0.2, 0) is 13.2 Å². The Labute approximate surface area is 149 Å². The van der Waals surface area contributed by atoms with E-state index in [0.717, 1.165) is 28.0 Å². The Hall–Kier alpha value is -2.29. The number of hydrogen-bond acceptors (Lipinski definition) is 2. The maximum Gasteiger partial charge on any atom is 0.127 e. The maximum atomic E-state index is 6.09. The minimum atomic E-state index is 0. The fraction of sp³-hybridized carbons (Fsp3) is 0.143. The first kappa shape index (κ1) is 18.1. The summed E-state index contributed by atoms with van der Waals surface area (Å²) in [6, 6.07) is 24.9. The molecule has 0 aromatic heterocycles. The number of nitrogens with two attached hydrogens (primary N) is 1. The zero-order chi connectivity index (χ0) is 16.1. The predicted molar refractivity (Wildman–Crippen MR) is 103 cm³/mol. The van der Waals surface area contributed by atoms with Crippen LogP contribution >= 0.6 is 12.4 Å². The van der Waals surface area contributed by atoms with Gasteiger partial charge in [-0.05, 0) is 29.7 Å². The molecule has 2 N–H and O–H groups in total.